The van der Waals surface area contributed by atoms with Gasteiger partial charge in [-0.3, -0.25) is 4.79 Å². The molecule has 0 aliphatic carbocycles. The van der Waals surface area contributed by atoms with E-state index in [1.807, 2.05) is 0 Å². The second-order valence-corrected chi connectivity index (χ2v) is 5.60. The number of nitrogens with two attached hydrogens (primary N) is 1. The fourth-order valence-corrected chi connectivity index (χ4v) is 2.92. The molecule has 0 bridgehead atoms. The second-order valence-electron chi connectivity index (χ2n) is 5.22. The molecule has 3 N–H and O–H groups in total. The summed E-state index contributed by atoms with van der Waals surface area (Å²) in [5.74, 6) is -1.03. The molecule has 9 heteroatoms. The molecule has 1 amide bonds. The molecule has 2 heterocycles. The number of anilines is 1. The Bertz CT molecular complexity index is 744. The number of fused-ring (bicyclic) bond motifs is 1. The number of benzene rings is 1. The summed E-state index contributed by atoms with van der Waals surface area (Å²) in [4.78, 5) is 11.3. The van der Waals surface area contributed by atoms with Crippen LogP contribution >= 0.6 is 11.6 Å². The summed E-state index contributed by atoms with van der Waals surface area (Å²) >= 11 is 5.99. The molecular formula is C14H12ClF3N4O. The van der Waals surface area contributed by atoms with Crippen LogP contribution in [0.25, 0.3) is 0 Å². The van der Waals surface area contributed by atoms with Crippen molar-refractivity contribution in [1.82, 2.24) is 9.78 Å². The van der Waals surface area contributed by atoms with Crippen LogP contribution in [0.5, 0.6) is 0 Å². The predicted octanol–water partition coefficient (Wildman–Crippen LogP) is 3.30. The van der Waals surface area contributed by atoms with E-state index in [4.69, 9.17) is 17.3 Å². The number of amides is 1. The van der Waals surface area contributed by atoms with Crippen LogP contribution in [0.2, 0.25) is 5.02 Å². The summed E-state index contributed by atoms with van der Waals surface area (Å²) in [6.07, 6.45) is -4.80. The Labute approximate surface area is 134 Å². The molecule has 1 aliphatic heterocycles. The van der Waals surface area contributed by atoms with Crippen molar-refractivity contribution in [1.29, 1.82) is 0 Å². The summed E-state index contributed by atoms with van der Waals surface area (Å²) in [5, 5.41) is 6.37. The molecule has 2 atom stereocenters. The molecule has 1 aliphatic rings. The van der Waals surface area contributed by atoms with E-state index in [0.29, 0.717) is 10.2 Å². The molecule has 0 radical (unpaired) electrons. The van der Waals surface area contributed by atoms with E-state index in [9.17, 15) is 18.0 Å². The number of carbonyl (C=O) groups excluding carboxylic acids is 1. The lowest BCUT2D eigenvalue weighted by Gasteiger charge is -2.33. The van der Waals surface area contributed by atoms with Crippen LogP contribution in [0, 0.1) is 0 Å². The quantitative estimate of drug-likeness (QED) is 0.878. The summed E-state index contributed by atoms with van der Waals surface area (Å²) in [7, 11) is 0. The van der Waals surface area contributed by atoms with Gasteiger partial charge in [-0.05, 0) is 5.56 Å². The molecule has 2 aromatic rings. The number of alkyl halides is 3. The normalized spacial score (nSPS) is 20.7. The lowest BCUT2D eigenvalue weighted by atomic mass is 9.97. The zero-order chi connectivity index (χ0) is 16.8. The lowest BCUT2D eigenvalue weighted by molar-refractivity contribution is -0.173. The highest BCUT2D eigenvalue weighted by Crippen LogP contribution is 2.46. The fraction of sp³-hybridized carbons (Fsp3) is 0.286. The minimum atomic E-state index is -4.53. The van der Waals surface area contributed by atoms with E-state index < -0.39 is 24.2 Å². The van der Waals surface area contributed by atoms with Crippen LogP contribution in [-0.2, 0) is 0 Å². The molecule has 5 nitrogen and oxygen atoms in total. The summed E-state index contributed by atoms with van der Waals surface area (Å²) in [6.45, 7) is 0. The first-order valence-electron chi connectivity index (χ1n) is 6.75. The molecule has 2 unspecified atom stereocenters. The van der Waals surface area contributed by atoms with Crippen molar-refractivity contribution >= 4 is 23.3 Å². The third kappa shape index (κ3) is 2.74. The molecule has 122 valence electrons. The third-order valence-corrected chi connectivity index (χ3v) is 4.09. The van der Waals surface area contributed by atoms with E-state index in [-0.39, 0.29) is 23.0 Å². The van der Waals surface area contributed by atoms with E-state index >= 15 is 0 Å². The number of nitrogens with zero attached hydrogens (tertiary/aromatic N) is 2. The first kappa shape index (κ1) is 15.7. The van der Waals surface area contributed by atoms with Crippen LogP contribution in [0.15, 0.2) is 30.3 Å². The summed E-state index contributed by atoms with van der Waals surface area (Å²) in [6, 6.07) is 6.19. The Balaban J connectivity index is 2.10. The minimum Gasteiger partial charge on any atom is -0.364 e. The lowest BCUT2D eigenvalue weighted by Crippen LogP contribution is -2.35. The first-order valence-corrected chi connectivity index (χ1v) is 7.13. The van der Waals surface area contributed by atoms with E-state index in [0.717, 1.165) is 0 Å². The van der Waals surface area contributed by atoms with Gasteiger partial charge in [-0.1, -0.05) is 41.9 Å². The molecule has 23 heavy (non-hydrogen) atoms. The van der Waals surface area contributed by atoms with Gasteiger partial charge in [0.25, 0.3) is 5.91 Å². The fourth-order valence-electron chi connectivity index (χ4n) is 2.65. The Kier molecular flexibility index (Phi) is 3.71. The summed E-state index contributed by atoms with van der Waals surface area (Å²) < 4.78 is 40.9. The second kappa shape index (κ2) is 5.45. The average molecular weight is 345 g/mol. The van der Waals surface area contributed by atoms with Gasteiger partial charge in [0.2, 0.25) is 0 Å². The van der Waals surface area contributed by atoms with Crippen LogP contribution in [0.4, 0.5) is 19.0 Å². The number of carbonyl (C=O) groups is 1. The topological polar surface area (TPSA) is 72.9 Å². The van der Waals surface area contributed by atoms with Crippen molar-refractivity contribution in [3.63, 3.8) is 0 Å². The monoisotopic (exact) mass is 344 g/mol. The molecule has 1 aromatic heterocycles. The Morgan fingerprint density at radius 2 is 2.00 bits per heavy atom. The van der Waals surface area contributed by atoms with Crippen molar-refractivity contribution in [2.24, 2.45) is 5.73 Å². The average Bonchev–Trinajstić information content (AvgIpc) is 2.84. The highest BCUT2D eigenvalue weighted by Gasteiger charge is 2.47. The largest absolute Gasteiger partial charge is 0.410 e. The predicted molar refractivity (Wildman–Crippen MR) is 78.3 cm³/mol. The van der Waals surface area contributed by atoms with Gasteiger partial charge in [0, 0.05) is 6.42 Å². The maximum absolute atomic E-state index is 13.4. The van der Waals surface area contributed by atoms with Gasteiger partial charge >= 0.3 is 6.18 Å². The molecular weight excluding hydrogens is 333 g/mol. The van der Waals surface area contributed by atoms with Crippen LogP contribution in [-0.4, -0.2) is 21.9 Å². The number of primary amides is 1. The van der Waals surface area contributed by atoms with Gasteiger partial charge in [0.1, 0.15) is 10.8 Å². The first-order chi connectivity index (χ1) is 10.8. The third-order valence-electron chi connectivity index (χ3n) is 3.73. The van der Waals surface area contributed by atoms with Crippen LogP contribution in [0.1, 0.15) is 34.6 Å². The van der Waals surface area contributed by atoms with E-state index in [1.165, 1.54) is 0 Å². The SMILES string of the molecule is NC(=O)c1nn2c(c1Cl)NC(c1ccccc1)CC2C(F)(F)F. The number of nitrogens with one attached hydrogen (secondary N) is 1. The van der Waals surface area contributed by atoms with Gasteiger partial charge in [-0.15, -0.1) is 0 Å². The molecule has 0 saturated heterocycles. The molecule has 0 saturated carbocycles. The Morgan fingerprint density at radius 3 is 2.57 bits per heavy atom. The number of halogens is 4. The Morgan fingerprint density at radius 1 is 1.35 bits per heavy atom. The summed E-state index contributed by atoms with van der Waals surface area (Å²) in [5.41, 5.74) is 5.43. The van der Waals surface area contributed by atoms with Gasteiger partial charge in [-0.2, -0.15) is 18.3 Å². The Hall–Kier alpha value is -2.22. The van der Waals surface area contributed by atoms with Crippen molar-refractivity contribution in [2.75, 3.05) is 5.32 Å². The van der Waals surface area contributed by atoms with Gasteiger partial charge in [0.15, 0.2) is 11.7 Å². The van der Waals surface area contributed by atoms with E-state index in [2.05, 4.69) is 10.4 Å². The van der Waals surface area contributed by atoms with Gasteiger partial charge < -0.3 is 11.1 Å². The van der Waals surface area contributed by atoms with Crippen molar-refractivity contribution in [3.8, 4) is 0 Å². The van der Waals surface area contributed by atoms with Gasteiger partial charge in [0.05, 0.1) is 6.04 Å². The standard InChI is InChI=1S/C14H12ClF3N4O/c15-10-11(12(19)23)21-22-9(14(16,17)18)6-8(20-13(10)22)7-4-2-1-3-5-7/h1-5,8-9,20H,6H2,(H2,19,23). The maximum Gasteiger partial charge on any atom is 0.410 e. The maximum atomic E-state index is 13.4. The van der Waals surface area contributed by atoms with Crippen molar-refractivity contribution in [3.05, 3.63) is 46.6 Å². The number of rotatable bonds is 2. The molecule has 0 fully saturated rings. The highest BCUT2D eigenvalue weighted by atomic mass is 35.5. The van der Waals surface area contributed by atoms with Gasteiger partial charge in [-0.25, -0.2) is 4.68 Å². The molecule has 3 rings (SSSR count). The van der Waals surface area contributed by atoms with Crippen molar-refractivity contribution in [2.45, 2.75) is 24.7 Å². The highest BCUT2D eigenvalue weighted by molar-refractivity contribution is 6.36. The molecule has 1 aromatic carbocycles. The van der Waals surface area contributed by atoms with Crippen LogP contribution in [0.3, 0.4) is 0 Å². The zero-order valence-electron chi connectivity index (χ0n) is 11.6. The molecule has 0 spiro atoms. The van der Waals surface area contributed by atoms with Crippen LogP contribution < -0.4 is 11.1 Å². The smallest absolute Gasteiger partial charge is 0.364 e. The zero-order valence-corrected chi connectivity index (χ0v) is 12.4. The van der Waals surface area contributed by atoms with E-state index in [1.54, 1.807) is 30.3 Å². The number of aromatic nitrogens is 2. The number of hydrogen-bond donors (Lipinski definition) is 2. The number of hydrogen-bond acceptors (Lipinski definition) is 3. The van der Waals surface area contributed by atoms with Crippen molar-refractivity contribution < 1.29 is 18.0 Å². The minimum absolute atomic E-state index is 0.0529.